The Kier molecular flexibility index (Phi) is 2.91. The Bertz CT molecular complexity index is 47.0. The number of hydrogen-bond acceptors (Lipinski definition) is 3. The second kappa shape index (κ2) is 2.96. The van der Waals surface area contributed by atoms with E-state index in [1.165, 1.54) is 0 Å². The Morgan fingerprint density at radius 2 is 2.14 bits per heavy atom. The molecule has 1 unspecified atom stereocenters. The number of aliphatic hydroxyl groups excluding tert-OH is 1. The number of hydrogen-bond donors (Lipinski definition) is 2. The highest BCUT2D eigenvalue weighted by Crippen LogP contribution is 1.77. The van der Waals surface area contributed by atoms with Gasteiger partial charge in [0.1, 0.15) is 0 Å². The maximum absolute atomic E-state index is 8.34. The highest BCUT2D eigenvalue weighted by atomic mass is 16.3. The number of aliphatic hydroxyl groups is 1. The molecule has 0 aliphatic carbocycles. The highest BCUT2D eigenvalue weighted by Gasteiger charge is 1.98. The zero-order valence-corrected chi connectivity index (χ0v) is 4.76. The Labute approximate surface area is 43.7 Å². The van der Waals surface area contributed by atoms with E-state index in [4.69, 9.17) is 10.8 Å². The van der Waals surface area contributed by atoms with Crippen LogP contribution < -0.4 is 5.73 Å². The van der Waals surface area contributed by atoms with Crippen LogP contribution >= 0.6 is 0 Å². The van der Waals surface area contributed by atoms with Crippen LogP contribution in [-0.2, 0) is 0 Å². The van der Waals surface area contributed by atoms with Crippen LogP contribution in [0, 0.1) is 0 Å². The van der Waals surface area contributed by atoms with Crippen molar-refractivity contribution in [1.29, 1.82) is 0 Å². The topological polar surface area (TPSA) is 49.5 Å². The van der Waals surface area contributed by atoms with Gasteiger partial charge in [-0.25, -0.2) is 0 Å². The van der Waals surface area contributed by atoms with E-state index in [1.807, 2.05) is 14.1 Å². The predicted molar refractivity (Wildman–Crippen MR) is 28.7 cm³/mol. The summed E-state index contributed by atoms with van der Waals surface area (Å²) in [6, 6.07) is 0. The van der Waals surface area contributed by atoms with Gasteiger partial charge in [0.05, 0.1) is 12.8 Å². The van der Waals surface area contributed by atoms with Crippen molar-refractivity contribution < 1.29 is 5.11 Å². The monoisotopic (exact) mass is 104 g/mol. The van der Waals surface area contributed by atoms with E-state index in [0.29, 0.717) is 0 Å². The molecular weight excluding hydrogens is 92.1 g/mol. The van der Waals surface area contributed by atoms with Crippen LogP contribution in [0.4, 0.5) is 0 Å². The first kappa shape index (κ1) is 6.88. The van der Waals surface area contributed by atoms with Gasteiger partial charge in [-0.05, 0) is 14.1 Å². The summed E-state index contributed by atoms with van der Waals surface area (Å²) in [5.41, 5.74) is 5.29. The quantitative estimate of drug-likeness (QED) is 0.434. The van der Waals surface area contributed by atoms with Gasteiger partial charge < -0.3 is 10.8 Å². The van der Waals surface area contributed by atoms with E-state index in [0.717, 1.165) is 0 Å². The van der Waals surface area contributed by atoms with Crippen molar-refractivity contribution >= 4 is 0 Å². The Balaban J connectivity index is 3.14. The molecule has 3 heteroatoms. The lowest BCUT2D eigenvalue weighted by Gasteiger charge is -2.15. The summed E-state index contributed by atoms with van der Waals surface area (Å²) in [4.78, 5) is 1.75. The van der Waals surface area contributed by atoms with Crippen LogP contribution in [0.1, 0.15) is 0 Å². The minimum absolute atomic E-state index is 0.0208. The lowest BCUT2D eigenvalue weighted by atomic mass is 10.5. The summed E-state index contributed by atoms with van der Waals surface area (Å²) < 4.78 is 0. The van der Waals surface area contributed by atoms with E-state index in [9.17, 15) is 0 Å². The summed E-state index contributed by atoms with van der Waals surface area (Å²) in [6.07, 6.45) is -0.208. The van der Waals surface area contributed by atoms with Crippen LogP contribution in [0.3, 0.4) is 0 Å². The third kappa shape index (κ3) is 2.56. The van der Waals surface area contributed by atoms with E-state index < -0.39 is 0 Å². The van der Waals surface area contributed by atoms with Gasteiger partial charge >= 0.3 is 0 Å². The molecule has 1 atom stereocenters. The van der Waals surface area contributed by atoms with E-state index in [2.05, 4.69) is 0 Å². The molecule has 0 amide bonds. The van der Waals surface area contributed by atoms with Crippen molar-refractivity contribution in [2.45, 2.75) is 6.17 Å². The van der Waals surface area contributed by atoms with Crippen molar-refractivity contribution in [2.75, 3.05) is 20.7 Å². The van der Waals surface area contributed by atoms with Gasteiger partial charge in [-0.1, -0.05) is 0 Å². The summed E-state index contributed by atoms with van der Waals surface area (Å²) in [5.74, 6) is 0. The molecule has 3 N–H and O–H groups in total. The van der Waals surface area contributed by atoms with Gasteiger partial charge in [0.25, 0.3) is 0 Å². The summed E-state index contributed by atoms with van der Waals surface area (Å²) in [7, 11) is 3.64. The molecular formula is C4H12N2O. The van der Waals surface area contributed by atoms with Gasteiger partial charge in [-0.3, -0.25) is 4.90 Å². The fourth-order valence-electron chi connectivity index (χ4n) is 0.163. The predicted octanol–water partition coefficient (Wildman–Crippen LogP) is -1.17. The first-order valence-electron chi connectivity index (χ1n) is 2.21. The number of nitrogens with zero attached hydrogens (tertiary/aromatic N) is 1. The molecule has 0 aromatic heterocycles. The molecule has 0 aliphatic heterocycles. The van der Waals surface area contributed by atoms with Crippen LogP contribution in [-0.4, -0.2) is 36.9 Å². The minimum Gasteiger partial charge on any atom is -0.393 e. The van der Waals surface area contributed by atoms with Gasteiger partial charge in [0.2, 0.25) is 0 Å². The Morgan fingerprint density at radius 1 is 1.71 bits per heavy atom. The lowest BCUT2D eigenvalue weighted by Crippen LogP contribution is -2.39. The Hall–Kier alpha value is -0.120. The fourth-order valence-corrected chi connectivity index (χ4v) is 0.163. The molecule has 0 bridgehead atoms. The largest absolute Gasteiger partial charge is 0.393 e. The molecule has 3 nitrogen and oxygen atoms in total. The second-order valence-corrected chi connectivity index (χ2v) is 1.71. The standard InChI is InChI=1S/C4H12N2O/c1-6(2)4(5)3-7/h4,7H,3,5H2,1-2H3. The van der Waals surface area contributed by atoms with E-state index in [1.54, 1.807) is 4.90 Å². The Morgan fingerprint density at radius 3 is 2.14 bits per heavy atom. The molecule has 0 radical (unpaired) electrons. The van der Waals surface area contributed by atoms with Crippen molar-refractivity contribution in [1.82, 2.24) is 4.90 Å². The average molecular weight is 104 g/mol. The molecule has 0 aromatic carbocycles. The van der Waals surface area contributed by atoms with Gasteiger partial charge in [-0.15, -0.1) is 0 Å². The molecule has 7 heavy (non-hydrogen) atoms. The van der Waals surface area contributed by atoms with Crippen LogP contribution in [0.2, 0.25) is 0 Å². The summed E-state index contributed by atoms with van der Waals surface area (Å²) >= 11 is 0. The van der Waals surface area contributed by atoms with Crippen molar-refractivity contribution in [3.8, 4) is 0 Å². The molecule has 0 rings (SSSR count). The number of likely N-dealkylation sites (N-methyl/N-ethyl adjacent to an activating group) is 1. The molecule has 0 aromatic rings. The molecule has 0 saturated carbocycles. The smallest absolute Gasteiger partial charge is 0.0805 e. The second-order valence-electron chi connectivity index (χ2n) is 1.71. The number of rotatable bonds is 2. The summed E-state index contributed by atoms with van der Waals surface area (Å²) in [5, 5.41) is 8.34. The maximum Gasteiger partial charge on any atom is 0.0805 e. The molecule has 0 fully saturated rings. The van der Waals surface area contributed by atoms with E-state index in [-0.39, 0.29) is 12.8 Å². The van der Waals surface area contributed by atoms with E-state index >= 15 is 0 Å². The van der Waals surface area contributed by atoms with Crippen LogP contribution in [0.5, 0.6) is 0 Å². The van der Waals surface area contributed by atoms with Crippen molar-refractivity contribution in [2.24, 2.45) is 5.73 Å². The molecule has 44 valence electrons. The third-order valence-electron chi connectivity index (χ3n) is 0.850. The van der Waals surface area contributed by atoms with Crippen LogP contribution in [0.25, 0.3) is 0 Å². The molecule has 0 spiro atoms. The van der Waals surface area contributed by atoms with Crippen molar-refractivity contribution in [3.05, 3.63) is 0 Å². The fraction of sp³-hybridized carbons (Fsp3) is 1.00. The van der Waals surface area contributed by atoms with Crippen molar-refractivity contribution in [3.63, 3.8) is 0 Å². The summed E-state index contributed by atoms with van der Waals surface area (Å²) in [6.45, 7) is 0.0208. The SMILES string of the molecule is CN(C)C(N)CO. The van der Waals surface area contributed by atoms with Gasteiger partial charge in [-0.2, -0.15) is 0 Å². The zero-order chi connectivity index (χ0) is 5.86. The third-order valence-corrected chi connectivity index (χ3v) is 0.850. The molecule has 0 aliphatic rings. The molecule has 0 heterocycles. The number of nitrogens with two attached hydrogens (primary N) is 1. The van der Waals surface area contributed by atoms with Crippen LogP contribution in [0.15, 0.2) is 0 Å². The maximum atomic E-state index is 8.34. The first-order valence-corrected chi connectivity index (χ1v) is 2.21. The molecule has 0 saturated heterocycles. The zero-order valence-electron chi connectivity index (χ0n) is 4.76. The highest BCUT2D eigenvalue weighted by molar-refractivity contribution is 4.51. The first-order chi connectivity index (χ1) is 3.18. The normalized spacial score (nSPS) is 15.0. The minimum atomic E-state index is -0.208. The van der Waals surface area contributed by atoms with Gasteiger partial charge in [0.15, 0.2) is 0 Å². The lowest BCUT2D eigenvalue weighted by molar-refractivity contribution is 0.173. The average Bonchev–Trinajstić information content (AvgIpc) is 1.65. The van der Waals surface area contributed by atoms with Gasteiger partial charge in [0, 0.05) is 0 Å².